The molecule has 2 aliphatic rings. The highest BCUT2D eigenvalue weighted by Gasteiger charge is 2.18. The molecule has 1 aromatic rings. The molecule has 3 heteroatoms. The Hall–Kier alpha value is -1.22. The van der Waals surface area contributed by atoms with Gasteiger partial charge in [-0.3, -0.25) is 4.90 Å². The lowest BCUT2D eigenvalue weighted by atomic mass is 10.1. The van der Waals surface area contributed by atoms with Crippen LogP contribution in [0.2, 0.25) is 0 Å². The van der Waals surface area contributed by atoms with E-state index in [1.807, 2.05) is 6.07 Å². The molecule has 0 bridgehead atoms. The molecule has 0 spiro atoms. The number of benzene rings is 1. The summed E-state index contributed by atoms with van der Waals surface area (Å²) in [7, 11) is 0. The van der Waals surface area contributed by atoms with E-state index >= 15 is 0 Å². The molecular weight excluding hydrogens is 214 g/mol. The normalized spacial score (nSPS) is 20.2. The van der Waals surface area contributed by atoms with Crippen molar-refractivity contribution in [3.8, 4) is 11.5 Å². The maximum Gasteiger partial charge on any atom is 0.165 e. The number of para-hydroxylation sites is 1. The van der Waals surface area contributed by atoms with Gasteiger partial charge in [-0.15, -0.1) is 0 Å². The highest BCUT2D eigenvalue weighted by atomic mass is 16.6. The lowest BCUT2D eigenvalue weighted by Crippen LogP contribution is -2.29. The third kappa shape index (κ3) is 2.39. The molecule has 0 N–H and O–H groups in total. The van der Waals surface area contributed by atoms with Gasteiger partial charge >= 0.3 is 0 Å². The van der Waals surface area contributed by atoms with Crippen molar-refractivity contribution in [2.24, 2.45) is 0 Å². The maximum atomic E-state index is 5.74. The fourth-order valence-electron chi connectivity index (χ4n) is 2.62. The molecule has 3 rings (SSSR count). The van der Waals surface area contributed by atoms with E-state index in [4.69, 9.17) is 9.47 Å². The first kappa shape index (κ1) is 10.9. The van der Waals surface area contributed by atoms with Crippen LogP contribution in [0.3, 0.4) is 0 Å². The second-order valence-electron chi connectivity index (χ2n) is 4.78. The summed E-state index contributed by atoms with van der Waals surface area (Å²) in [5, 5.41) is 0. The van der Waals surface area contributed by atoms with Crippen LogP contribution < -0.4 is 9.47 Å². The van der Waals surface area contributed by atoms with Gasteiger partial charge in [0.1, 0.15) is 13.2 Å². The van der Waals surface area contributed by atoms with Gasteiger partial charge in [0.25, 0.3) is 0 Å². The quantitative estimate of drug-likeness (QED) is 0.783. The summed E-state index contributed by atoms with van der Waals surface area (Å²) in [5.41, 5.74) is 1.27. The topological polar surface area (TPSA) is 21.7 Å². The van der Waals surface area contributed by atoms with Gasteiger partial charge in [0, 0.05) is 12.1 Å². The van der Waals surface area contributed by atoms with Crippen LogP contribution in [-0.2, 0) is 6.54 Å². The zero-order valence-electron chi connectivity index (χ0n) is 10.2. The third-order valence-electron chi connectivity index (χ3n) is 3.49. The lowest BCUT2D eigenvalue weighted by molar-refractivity contribution is 0.164. The van der Waals surface area contributed by atoms with E-state index in [1.165, 1.54) is 37.9 Å². The van der Waals surface area contributed by atoms with Crippen LogP contribution in [0.4, 0.5) is 0 Å². The first-order valence-corrected chi connectivity index (χ1v) is 6.53. The van der Waals surface area contributed by atoms with Crippen LogP contribution in [0, 0.1) is 0 Å². The fourth-order valence-corrected chi connectivity index (χ4v) is 2.62. The Morgan fingerprint density at radius 1 is 1.00 bits per heavy atom. The van der Waals surface area contributed by atoms with E-state index < -0.39 is 0 Å². The Morgan fingerprint density at radius 2 is 1.82 bits per heavy atom. The molecule has 0 aliphatic carbocycles. The Morgan fingerprint density at radius 3 is 2.71 bits per heavy atom. The number of hydrogen-bond donors (Lipinski definition) is 0. The smallest absolute Gasteiger partial charge is 0.165 e. The highest BCUT2D eigenvalue weighted by Crippen LogP contribution is 2.34. The van der Waals surface area contributed by atoms with Gasteiger partial charge < -0.3 is 9.47 Å². The monoisotopic (exact) mass is 233 g/mol. The lowest BCUT2D eigenvalue weighted by Gasteiger charge is -2.28. The molecule has 0 atom stereocenters. The zero-order valence-corrected chi connectivity index (χ0v) is 10.2. The molecule has 0 aromatic heterocycles. The second kappa shape index (κ2) is 4.96. The second-order valence-corrected chi connectivity index (χ2v) is 4.78. The third-order valence-corrected chi connectivity index (χ3v) is 3.49. The molecule has 2 heterocycles. The molecule has 1 fully saturated rings. The molecule has 2 aliphatic heterocycles. The van der Waals surface area contributed by atoms with Crippen LogP contribution >= 0.6 is 0 Å². The van der Waals surface area contributed by atoms with Gasteiger partial charge in [0.15, 0.2) is 11.5 Å². The average molecular weight is 233 g/mol. The molecule has 17 heavy (non-hydrogen) atoms. The van der Waals surface area contributed by atoms with Gasteiger partial charge in [-0.1, -0.05) is 18.6 Å². The molecule has 0 unspecified atom stereocenters. The van der Waals surface area contributed by atoms with E-state index in [0.717, 1.165) is 18.0 Å². The predicted octanol–water partition coefficient (Wildman–Crippen LogP) is 2.44. The number of hydrogen-bond acceptors (Lipinski definition) is 3. The van der Waals surface area contributed by atoms with Gasteiger partial charge in [-0.25, -0.2) is 0 Å². The maximum absolute atomic E-state index is 5.74. The molecule has 1 aromatic carbocycles. The van der Waals surface area contributed by atoms with Crippen LogP contribution in [0.1, 0.15) is 24.8 Å². The van der Waals surface area contributed by atoms with Crippen LogP contribution in [0.5, 0.6) is 11.5 Å². The van der Waals surface area contributed by atoms with Crippen molar-refractivity contribution < 1.29 is 9.47 Å². The average Bonchev–Trinajstić information content (AvgIpc) is 2.40. The van der Waals surface area contributed by atoms with Crippen molar-refractivity contribution in [2.45, 2.75) is 25.8 Å². The standard InChI is InChI=1S/C14H19NO2/c1-2-7-15(8-3-1)11-12-5-4-6-13-14(12)17-10-9-16-13/h4-6H,1-3,7-11H2. The summed E-state index contributed by atoms with van der Waals surface area (Å²) in [4.78, 5) is 2.51. The summed E-state index contributed by atoms with van der Waals surface area (Å²) in [5.74, 6) is 1.87. The molecule has 92 valence electrons. The first-order valence-electron chi connectivity index (χ1n) is 6.53. The molecule has 0 radical (unpaired) electrons. The Bertz CT molecular complexity index is 386. The van der Waals surface area contributed by atoms with Crippen molar-refractivity contribution in [3.63, 3.8) is 0 Å². The SMILES string of the molecule is c1cc(CN2CCCCC2)c2c(c1)OCCO2. The minimum Gasteiger partial charge on any atom is -0.486 e. The van der Waals surface area contributed by atoms with Crippen molar-refractivity contribution in [2.75, 3.05) is 26.3 Å². The van der Waals surface area contributed by atoms with Crippen LogP contribution in [0.25, 0.3) is 0 Å². The Balaban J connectivity index is 1.77. The largest absolute Gasteiger partial charge is 0.486 e. The highest BCUT2D eigenvalue weighted by molar-refractivity contribution is 5.47. The minimum absolute atomic E-state index is 0.667. The zero-order chi connectivity index (χ0) is 11.5. The van der Waals surface area contributed by atoms with Crippen LogP contribution in [0.15, 0.2) is 18.2 Å². The van der Waals surface area contributed by atoms with Crippen molar-refractivity contribution >= 4 is 0 Å². The van der Waals surface area contributed by atoms with Crippen molar-refractivity contribution in [1.82, 2.24) is 4.90 Å². The number of ether oxygens (including phenoxy) is 2. The van der Waals surface area contributed by atoms with E-state index in [1.54, 1.807) is 0 Å². The number of fused-ring (bicyclic) bond motifs is 1. The number of likely N-dealkylation sites (tertiary alicyclic amines) is 1. The Labute approximate surface area is 102 Å². The fraction of sp³-hybridized carbons (Fsp3) is 0.571. The van der Waals surface area contributed by atoms with Crippen molar-refractivity contribution in [3.05, 3.63) is 23.8 Å². The summed E-state index contributed by atoms with van der Waals surface area (Å²) in [6.45, 7) is 4.76. The molecule has 3 nitrogen and oxygen atoms in total. The van der Waals surface area contributed by atoms with Crippen LogP contribution in [-0.4, -0.2) is 31.2 Å². The first-order chi connectivity index (χ1) is 8.43. The van der Waals surface area contributed by atoms with Crippen molar-refractivity contribution in [1.29, 1.82) is 0 Å². The van der Waals surface area contributed by atoms with E-state index in [-0.39, 0.29) is 0 Å². The summed E-state index contributed by atoms with van der Waals surface area (Å²) in [6.07, 6.45) is 4.03. The number of rotatable bonds is 2. The number of nitrogens with zero attached hydrogens (tertiary/aromatic N) is 1. The van der Waals surface area contributed by atoms with Gasteiger partial charge in [0.2, 0.25) is 0 Å². The van der Waals surface area contributed by atoms with Gasteiger partial charge in [0.05, 0.1) is 0 Å². The molecular formula is C14H19NO2. The summed E-state index contributed by atoms with van der Waals surface area (Å²) < 4.78 is 11.4. The molecule has 0 saturated carbocycles. The predicted molar refractivity (Wildman–Crippen MR) is 66.6 cm³/mol. The number of piperidine rings is 1. The van der Waals surface area contributed by atoms with Gasteiger partial charge in [-0.05, 0) is 32.0 Å². The van der Waals surface area contributed by atoms with E-state index in [9.17, 15) is 0 Å². The summed E-state index contributed by atoms with van der Waals surface area (Å²) in [6, 6.07) is 6.21. The minimum atomic E-state index is 0.667. The molecule has 0 amide bonds. The van der Waals surface area contributed by atoms with Gasteiger partial charge in [-0.2, -0.15) is 0 Å². The Kier molecular flexibility index (Phi) is 3.18. The van der Waals surface area contributed by atoms with E-state index in [2.05, 4.69) is 17.0 Å². The summed E-state index contributed by atoms with van der Waals surface area (Å²) >= 11 is 0. The molecule has 1 saturated heterocycles. The van der Waals surface area contributed by atoms with E-state index in [0.29, 0.717) is 13.2 Å².